The maximum absolute atomic E-state index is 12.7. The number of benzene rings is 4. The van der Waals surface area contributed by atoms with E-state index in [0.29, 0.717) is 57.4 Å². The largest absolute Gasteiger partial charge is 0.505 e. The Kier molecular flexibility index (Phi) is 10.0. The molecule has 270 valence electrons. The Balaban J connectivity index is 1.04. The first-order chi connectivity index (χ1) is 24.7. The number of hydrogen-bond acceptors (Lipinski definition) is 10. The van der Waals surface area contributed by atoms with Crippen LogP contribution in [0.3, 0.4) is 0 Å². The number of carbonyl (C=O) groups is 2. The van der Waals surface area contributed by atoms with E-state index in [0.717, 1.165) is 11.1 Å². The second-order valence-corrected chi connectivity index (χ2v) is 15.0. The standard InChI is InChI=1S/C40H44N6O6/c1-39(2,3)27-19-25(37(49)33(21-27)45-41-29-13-7-8-14-30(29)42-45)23-51-35(47)17-11-12-18-36(48)52-24-26-20-28(40(4,5)6)22-34(38(26)50)46-43-31-15-9-10-16-32(31)44-46/h7-10,13-16,19-22,49-50H,11-12,17-18,23-24H2,1-6H3. The number of nitrogens with zero attached hydrogens (tertiary/aromatic N) is 6. The molecule has 0 aliphatic carbocycles. The van der Waals surface area contributed by atoms with E-state index in [9.17, 15) is 19.8 Å². The van der Waals surface area contributed by atoms with Crippen molar-refractivity contribution < 1.29 is 29.3 Å². The molecule has 0 saturated carbocycles. The Bertz CT molecular complexity index is 2030. The van der Waals surface area contributed by atoms with Gasteiger partial charge < -0.3 is 19.7 Å². The van der Waals surface area contributed by atoms with Gasteiger partial charge in [0.1, 0.15) is 58.2 Å². The molecule has 0 unspecified atom stereocenters. The highest BCUT2D eigenvalue weighted by Crippen LogP contribution is 2.35. The van der Waals surface area contributed by atoms with Crippen molar-refractivity contribution in [2.45, 2.75) is 91.3 Å². The van der Waals surface area contributed by atoms with Gasteiger partial charge in [0.05, 0.1) is 0 Å². The number of unbranched alkanes of at least 4 members (excludes halogenated alkanes) is 1. The van der Waals surface area contributed by atoms with Gasteiger partial charge >= 0.3 is 11.9 Å². The van der Waals surface area contributed by atoms with Gasteiger partial charge in [-0.15, -0.1) is 30.0 Å². The molecule has 0 radical (unpaired) electrons. The smallest absolute Gasteiger partial charge is 0.306 e. The highest BCUT2D eigenvalue weighted by atomic mass is 16.5. The quantitative estimate of drug-likeness (QED) is 0.102. The second kappa shape index (κ2) is 14.5. The summed E-state index contributed by atoms with van der Waals surface area (Å²) < 4.78 is 11.1. The Hall–Kier alpha value is -5.78. The molecule has 2 heterocycles. The van der Waals surface area contributed by atoms with Gasteiger partial charge in [0.2, 0.25) is 0 Å². The van der Waals surface area contributed by atoms with Crippen molar-refractivity contribution in [3.8, 4) is 22.9 Å². The van der Waals surface area contributed by atoms with Crippen molar-refractivity contribution in [1.82, 2.24) is 30.0 Å². The fourth-order valence-corrected chi connectivity index (χ4v) is 5.68. The minimum atomic E-state index is -0.449. The number of rotatable bonds is 11. The van der Waals surface area contributed by atoms with E-state index in [-0.39, 0.29) is 48.4 Å². The first kappa shape index (κ1) is 36.0. The number of phenols is 2. The van der Waals surface area contributed by atoms with Crippen LogP contribution >= 0.6 is 0 Å². The summed E-state index contributed by atoms with van der Waals surface area (Å²) in [6, 6.07) is 22.2. The topological polar surface area (TPSA) is 154 Å². The van der Waals surface area contributed by atoms with E-state index in [4.69, 9.17) is 9.47 Å². The van der Waals surface area contributed by atoms with Crippen molar-refractivity contribution in [1.29, 1.82) is 0 Å². The SMILES string of the molecule is CC(C)(C)c1cc(COC(=O)CCCCC(=O)OCc2cc(C(C)(C)C)cc(-n3nc4ccccc4n3)c2O)c(O)c(-n2nc3ccccc3n2)c1. The summed E-state index contributed by atoms with van der Waals surface area (Å²) in [6.07, 6.45) is 0.999. The maximum atomic E-state index is 12.7. The van der Waals surface area contributed by atoms with E-state index in [2.05, 4.69) is 61.9 Å². The highest BCUT2D eigenvalue weighted by molar-refractivity contribution is 5.75. The van der Waals surface area contributed by atoms with Crippen molar-refractivity contribution in [3.63, 3.8) is 0 Å². The summed E-state index contributed by atoms with van der Waals surface area (Å²) in [4.78, 5) is 28.2. The molecule has 12 heteroatoms. The number of aromatic hydroxyl groups is 2. The lowest BCUT2D eigenvalue weighted by molar-refractivity contribution is -0.147. The first-order valence-corrected chi connectivity index (χ1v) is 17.4. The second-order valence-electron chi connectivity index (χ2n) is 15.0. The number of fused-ring (bicyclic) bond motifs is 2. The van der Waals surface area contributed by atoms with E-state index in [1.807, 2.05) is 72.8 Å². The van der Waals surface area contributed by atoms with Gasteiger partial charge in [0, 0.05) is 24.0 Å². The van der Waals surface area contributed by atoms with Crippen LogP contribution in [-0.2, 0) is 43.1 Å². The van der Waals surface area contributed by atoms with Crippen LogP contribution < -0.4 is 0 Å². The molecule has 0 fully saturated rings. The third-order valence-electron chi connectivity index (χ3n) is 8.86. The zero-order valence-corrected chi connectivity index (χ0v) is 30.4. The summed E-state index contributed by atoms with van der Waals surface area (Å²) in [6.45, 7) is 12.1. The molecule has 4 aromatic carbocycles. The van der Waals surface area contributed by atoms with Gasteiger partial charge in [0.15, 0.2) is 0 Å². The number of hydrogen-bond donors (Lipinski definition) is 2. The van der Waals surface area contributed by atoms with Crippen LogP contribution in [0.15, 0.2) is 72.8 Å². The zero-order valence-electron chi connectivity index (χ0n) is 30.4. The van der Waals surface area contributed by atoms with Crippen LogP contribution in [0, 0.1) is 0 Å². The summed E-state index contributed by atoms with van der Waals surface area (Å²) in [7, 11) is 0. The fraction of sp³-hybridized carbons (Fsp3) is 0.350. The third kappa shape index (κ3) is 8.06. The number of esters is 2. The van der Waals surface area contributed by atoms with Crippen LogP contribution in [0.1, 0.15) is 89.5 Å². The van der Waals surface area contributed by atoms with Gasteiger partial charge in [-0.1, -0.05) is 65.8 Å². The molecule has 0 spiro atoms. The number of carbonyl (C=O) groups excluding carboxylic acids is 2. The van der Waals surface area contributed by atoms with Crippen LogP contribution in [0.25, 0.3) is 33.4 Å². The lowest BCUT2D eigenvalue weighted by Gasteiger charge is -2.22. The molecule has 0 aliphatic heterocycles. The minimum Gasteiger partial charge on any atom is -0.505 e. The van der Waals surface area contributed by atoms with Crippen molar-refractivity contribution in [2.75, 3.05) is 0 Å². The molecular formula is C40H44N6O6. The molecule has 6 aromatic rings. The van der Waals surface area contributed by atoms with E-state index >= 15 is 0 Å². The Labute approximate surface area is 302 Å². The van der Waals surface area contributed by atoms with Gasteiger partial charge in [0.25, 0.3) is 0 Å². The summed E-state index contributed by atoms with van der Waals surface area (Å²) in [5.41, 5.74) is 5.79. The van der Waals surface area contributed by atoms with Gasteiger partial charge in [-0.3, -0.25) is 9.59 Å². The average Bonchev–Trinajstić information content (AvgIpc) is 3.73. The Morgan fingerprint density at radius 1 is 0.577 bits per heavy atom. The van der Waals surface area contributed by atoms with Crippen molar-refractivity contribution in [3.05, 3.63) is 95.1 Å². The molecule has 52 heavy (non-hydrogen) atoms. The molecule has 2 aromatic heterocycles. The molecule has 6 rings (SSSR count). The fourth-order valence-electron chi connectivity index (χ4n) is 5.68. The van der Waals surface area contributed by atoms with Crippen molar-refractivity contribution >= 4 is 34.0 Å². The molecular weight excluding hydrogens is 660 g/mol. The molecule has 0 aliphatic rings. The van der Waals surface area contributed by atoms with Crippen LogP contribution in [0.4, 0.5) is 0 Å². The number of aromatic nitrogens is 6. The lowest BCUT2D eigenvalue weighted by atomic mass is 9.85. The van der Waals surface area contributed by atoms with Gasteiger partial charge in [-0.05, 0) is 83.3 Å². The average molecular weight is 705 g/mol. The highest BCUT2D eigenvalue weighted by Gasteiger charge is 2.23. The molecule has 2 N–H and O–H groups in total. The monoisotopic (exact) mass is 704 g/mol. The van der Waals surface area contributed by atoms with E-state index < -0.39 is 11.9 Å². The minimum absolute atomic E-state index is 0.0654. The molecule has 0 bridgehead atoms. The van der Waals surface area contributed by atoms with Crippen molar-refractivity contribution in [2.24, 2.45) is 0 Å². The van der Waals surface area contributed by atoms with Crippen LogP contribution in [0.2, 0.25) is 0 Å². The summed E-state index contributed by atoms with van der Waals surface area (Å²) >= 11 is 0. The van der Waals surface area contributed by atoms with Gasteiger partial charge in [-0.2, -0.15) is 0 Å². The van der Waals surface area contributed by atoms with E-state index in [1.165, 1.54) is 9.59 Å². The Morgan fingerprint density at radius 3 is 1.21 bits per heavy atom. The molecule has 12 nitrogen and oxygen atoms in total. The molecule has 0 saturated heterocycles. The summed E-state index contributed by atoms with van der Waals surface area (Å²) in [5.74, 6) is -1.03. The molecule has 0 amide bonds. The Morgan fingerprint density at radius 2 is 0.904 bits per heavy atom. The number of phenolic OH excluding ortho intramolecular Hbond substituents is 2. The first-order valence-electron chi connectivity index (χ1n) is 17.4. The van der Waals surface area contributed by atoms with Crippen LogP contribution in [0.5, 0.6) is 11.5 Å². The molecule has 0 atom stereocenters. The van der Waals surface area contributed by atoms with Gasteiger partial charge in [-0.25, -0.2) is 0 Å². The lowest BCUT2D eigenvalue weighted by Crippen LogP contribution is -2.14. The third-order valence-corrected chi connectivity index (χ3v) is 8.86. The maximum Gasteiger partial charge on any atom is 0.306 e. The predicted molar refractivity (Wildman–Crippen MR) is 197 cm³/mol. The van der Waals surface area contributed by atoms with E-state index in [1.54, 1.807) is 0 Å². The van der Waals surface area contributed by atoms with Crippen LogP contribution in [-0.4, -0.2) is 52.1 Å². The summed E-state index contributed by atoms with van der Waals surface area (Å²) in [5, 5.41) is 40.5. The normalized spacial score (nSPS) is 12.0. The predicted octanol–water partition coefficient (Wildman–Crippen LogP) is 7.51. The zero-order chi connectivity index (χ0) is 37.2. The number of ether oxygens (including phenoxy) is 2.